The Balaban J connectivity index is 1.46. The van der Waals surface area contributed by atoms with E-state index in [0.29, 0.717) is 0 Å². The molecule has 5 heteroatoms. The minimum absolute atomic E-state index is 0.534. The summed E-state index contributed by atoms with van der Waals surface area (Å²) in [6, 6.07) is 8.11. The molecule has 2 fully saturated rings. The minimum atomic E-state index is -0.534. The second-order valence-corrected chi connectivity index (χ2v) is 7.12. The number of piperazine rings is 1. The molecule has 0 saturated carbocycles. The number of benzene rings is 1. The number of rotatable bonds is 4. The minimum Gasteiger partial charge on any atom is -0.387 e. The van der Waals surface area contributed by atoms with E-state index in [4.69, 9.17) is 11.6 Å². The van der Waals surface area contributed by atoms with E-state index in [1.54, 1.807) is 0 Å². The van der Waals surface area contributed by atoms with Crippen molar-refractivity contribution in [3.8, 4) is 0 Å². The van der Waals surface area contributed by atoms with E-state index < -0.39 is 5.60 Å². The number of β-amino-alcohol motifs (C(OH)–C–C–N with tert-alkyl or cyclic N) is 1. The van der Waals surface area contributed by atoms with Gasteiger partial charge in [-0.1, -0.05) is 23.7 Å². The van der Waals surface area contributed by atoms with Crippen LogP contribution < -0.4 is 5.32 Å². The molecular weight excluding hydrogens is 298 g/mol. The smallest absolute Gasteiger partial charge is 0.0898 e. The fourth-order valence-electron chi connectivity index (χ4n) is 3.50. The third-order valence-corrected chi connectivity index (χ3v) is 4.96. The lowest BCUT2D eigenvalue weighted by Crippen LogP contribution is -2.56. The van der Waals surface area contributed by atoms with Gasteiger partial charge in [-0.3, -0.25) is 9.80 Å². The Morgan fingerprint density at radius 2 is 1.95 bits per heavy atom. The maximum absolute atomic E-state index is 10.6. The summed E-state index contributed by atoms with van der Waals surface area (Å²) < 4.78 is 0. The third kappa shape index (κ3) is 4.43. The molecule has 1 aromatic rings. The molecule has 0 aliphatic carbocycles. The Morgan fingerprint density at radius 1 is 1.18 bits per heavy atom. The molecule has 4 nitrogen and oxygen atoms in total. The van der Waals surface area contributed by atoms with Crippen LogP contribution in [0.15, 0.2) is 24.3 Å². The molecule has 2 N–H and O–H groups in total. The summed E-state index contributed by atoms with van der Waals surface area (Å²) >= 11 is 6.05. The van der Waals surface area contributed by atoms with Crippen LogP contribution in [0.5, 0.6) is 0 Å². The number of aliphatic hydroxyl groups is 1. The van der Waals surface area contributed by atoms with Crippen LogP contribution in [0.2, 0.25) is 5.02 Å². The van der Waals surface area contributed by atoms with Gasteiger partial charge in [0.25, 0.3) is 0 Å². The van der Waals surface area contributed by atoms with Crippen LogP contribution in [0.25, 0.3) is 0 Å². The summed E-state index contributed by atoms with van der Waals surface area (Å²) in [4.78, 5) is 4.87. The van der Waals surface area contributed by atoms with Crippen LogP contribution in [0, 0.1) is 0 Å². The Hall–Kier alpha value is -0.650. The van der Waals surface area contributed by atoms with Crippen LogP contribution >= 0.6 is 11.6 Å². The molecule has 2 aliphatic heterocycles. The number of halogens is 1. The summed E-state index contributed by atoms with van der Waals surface area (Å²) in [6.45, 7) is 7.69. The quantitative estimate of drug-likeness (QED) is 0.882. The zero-order valence-electron chi connectivity index (χ0n) is 13.1. The molecule has 0 bridgehead atoms. The number of piperidine rings is 1. The van der Waals surface area contributed by atoms with Gasteiger partial charge in [0.1, 0.15) is 0 Å². The molecular formula is C17H26ClN3O. The van der Waals surface area contributed by atoms with Crippen LogP contribution in [-0.4, -0.2) is 66.3 Å². The number of nitrogens with zero attached hydrogens (tertiary/aromatic N) is 2. The maximum Gasteiger partial charge on any atom is 0.0898 e. The lowest BCUT2D eigenvalue weighted by molar-refractivity contribution is -0.0262. The second kappa shape index (κ2) is 7.28. The first-order valence-corrected chi connectivity index (χ1v) is 8.63. The van der Waals surface area contributed by atoms with Crippen LogP contribution in [0.3, 0.4) is 0 Å². The third-order valence-electron chi connectivity index (χ3n) is 4.73. The molecule has 2 heterocycles. The average molecular weight is 324 g/mol. The largest absolute Gasteiger partial charge is 0.387 e. The van der Waals surface area contributed by atoms with Gasteiger partial charge in [-0.2, -0.15) is 0 Å². The normalized spacial score (nSPS) is 27.9. The SMILES string of the molecule is O[C@]1(CN2CCN(Cc3cccc(Cl)c3)CC2)CCCNC1. The van der Waals surface area contributed by atoms with Crippen LogP contribution in [0.1, 0.15) is 18.4 Å². The van der Waals surface area contributed by atoms with Crippen molar-refractivity contribution in [3.63, 3.8) is 0 Å². The maximum atomic E-state index is 10.6. The average Bonchev–Trinajstić information content (AvgIpc) is 2.50. The highest BCUT2D eigenvalue weighted by Crippen LogP contribution is 2.19. The molecule has 1 atom stereocenters. The molecule has 122 valence electrons. The topological polar surface area (TPSA) is 38.7 Å². The summed E-state index contributed by atoms with van der Waals surface area (Å²) in [7, 11) is 0. The molecule has 3 rings (SSSR count). The molecule has 0 amide bonds. The Bertz CT molecular complexity index is 483. The van der Waals surface area contributed by atoms with Gasteiger partial charge in [-0.05, 0) is 37.1 Å². The number of hydrogen-bond acceptors (Lipinski definition) is 4. The van der Waals surface area contributed by atoms with Gasteiger partial charge in [0, 0.05) is 50.8 Å². The highest BCUT2D eigenvalue weighted by Gasteiger charge is 2.32. The van der Waals surface area contributed by atoms with Gasteiger partial charge in [-0.25, -0.2) is 0 Å². The summed E-state index contributed by atoms with van der Waals surface area (Å²) in [5.41, 5.74) is 0.740. The van der Waals surface area contributed by atoms with Gasteiger partial charge < -0.3 is 10.4 Å². The van der Waals surface area contributed by atoms with E-state index in [1.807, 2.05) is 18.2 Å². The Labute approximate surface area is 138 Å². The van der Waals surface area contributed by atoms with E-state index in [1.165, 1.54) is 5.56 Å². The van der Waals surface area contributed by atoms with Gasteiger partial charge >= 0.3 is 0 Å². The molecule has 0 radical (unpaired) electrons. The van der Waals surface area contributed by atoms with Crippen molar-refractivity contribution in [2.24, 2.45) is 0 Å². The van der Waals surface area contributed by atoms with Crippen molar-refractivity contribution in [1.29, 1.82) is 0 Å². The lowest BCUT2D eigenvalue weighted by atomic mass is 9.93. The summed E-state index contributed by atoms with van der Waals surface area (Å²) in [6.07, 6.45) is 1.99. The standard InChI is InChI=1S/C17H26ClN3O/c18-16-4-1-3-15(11-16)12-20-7-9-21(10-8-20)14-17(22)5-2-6-19-13-17/h1,3-4,11,19,22H,2,5-10,12-14H2/t17-/m1/s1. The monoisotopic (exact) mass is 323 g/mol. The first-order chi connectivity index (χ1) is 10.6. The van der Waals surface area contributed by atoms with Crippen LogP contribution in [-0.2, 0) is 6.54 Å². The van der Waals surface area contributed by atoms with Crippen molar-refractivity contribution in [1.82, 2.24) is 15.1 Å². The van der Waals surface area contributed by atoms with Gasteiger partial charge in [0.05, 0.1) is 5.60 Å². The summed E-state index contributed by atoms with van der Waals surface area (Å²) in [5, 5.41) is 14.7. The predicted molar refractivity (Wildman–Crippen MR) is 90.2 cm³/mol. The van der Waals surface area contributed by atoms with Crippen molar-refractivity contribution >= 4 is 11.6 Å². The van der Waals surface area contributed by atoms with E-state index >= 15 is 0 Å². The van der Waals surface area contributed by atoms with Gasteiger partial charge in [0.15, 0.2) is 0 Å². The fraction of sp³-hybridized carbons (Fsp3) is 0.647. The fourth-order valence-corrected chi connectivity index (χ4v) is 3.72. The first-order valence-electron chi connectivity index (χ1n) is 8.25. The highest BCUT2D eigenvalue weighted by atomic mass is 35.5. The van der Waals surface area contributed by atoms with E-state index in [0.717, 1.165) is 70.2 Å². The number of nitrogens with one attached hydrogen (secondary N) is 1. The van der Waals surface area contributed by atoms with Crippen molar-refractivity contribution in [2.75, 3.05) is 45.8 Å². The zero-order chi connectivity index (χ0) is 15.4. The molecule has 0 spiro atoms. The zero-order valence-corrected chi connectivity index (χ0v) is 13.9. The van der Waals surface area contributed by atoms with E-state index in [9.17, 15) is 5.11 Å². The Morgan fingerprint density at radius 3 is 2.64 bits per heavy atom. The number of hydrogen-bond donors (Lipinski definition) is 2. The first kappa shape index (κ1) is 16.2. The molecule has 0 unspecified atom stereocenters. The van der Waals surface area contributed by atoms with Gasteiger partial charge in [-0.15, -0.1) is 0 Å². The molecule has 1 aromatic carbocycles. The Kier molecular flexibility index (Phi) is 5.37. The van der Waals surface area contributed by atoms with Crippen molar-refractivity contribution < 1.29 is 5.11 Å². The van der Waals surface area contributed by atoms with Gasteiger partial charge in [0.2, 0.25) is 0 Å². The molecule has 2 aliphatic rings. The lowest BCUT2D eigenvalue weighted by Gasteiger charge is -2.41. The van der Waals surface area contributed by atoms with E-state index in [-0.39, 0.29) is 0 Å². The molecule has 2 saturated heterocycles. The van der Waals surface area contributed by atoms with Crippen molar-refractivity contribution in [3.05, 3.63) is 34.9 Å². The predicted octanol–water partition coefficient (Wildman–Crippen LogP) is 1.57. The molecule has 22 heavy (non-hydrogen) atoms. The highest BCUT2D eigenvalue weighted by molar-refractivity contribution is 6.30. The van der Waals surface area contributed by atoms with Crippen LogP contribution in [0.4, 0.5) is 0 Å². The van der Waals surface area contributed by atoms with Crippen molar-refractivity contribution in [2.45, 2.75) is 25.0 Å². The summed E-state index contributed by atoms with van der Waals surface area (Å²) in [5.74, 6) is 0. The molecule has 0 aromatic heterocycles. The second-order valence-electron chi connectivity index (χ2n) is 6.69. The van der Waals surface area contributed by atoms with E-state index in [2.05, 4.69) is 21.2 Å².